The number of fused-ring (bicyclic) bond motifs is 1. The van der Waals surface area contributed by atoms with Crippen LogP contribution in [0.15, 0.2) is 71.5 Å². The number of hydrogen-bond acceptors (Lipinski definition) is 4. The van der Waals surface area contributed by atoms with Crippen molar-refractivity contribution < 1.29 is 14.0 Å². The van der Waals surface area contributed by atoms with E-state index in [2.05, 4.69) is 15.3 Å². The summed E-state index contributed by atoms with van der Waals surface area (Å²) in [5.41, 5.74) is 3.73. The van der Waals surface area contributed by atoms with Gasteiger partial charge < -0.3 is 14.7 Å². The summed E-state index contributed by atoms with van der Waals surface area (Å²) in [6.45, 7) is 1.90. The van der Waals surface area contributed by atoms with E-state index >= 15 is 0 Å². The predicted octanol–water partition coefficient (Wildman–Crippen LogP) is 6.15. The molecule has 0 saturated carbocycles. The molecular formula is C28H31N3O3. The molecule has 2 N–H and O–H groups in total. The van der Waals surface area contributed by atoms with Gasteiger partial charge in [0, 0.05) is 18.2 Å². The molecule has 1 atom stereocenters. The quantitative estimate of drug-likeness (QED) is 0.250. The van der Waals surface area contributed by atoms with Gasteiger partial charge >= 0.3 is 0 Å². The molecule has 0 unspecified atom stereocenters. The van der Waals surface area contributed by atoms with E-state index < -0.39 is 0 Å². The highest BCUT2D eigenvalue weighted by Crippen LogP contribution is 2.23. The Balaban J connectivity index is 1.42. The van der Waals surface area contributed by atoms with Gasteiger partial charge in [0.2, 0.25) is 5.91 Å². The number of carbonyl (C=O) groups excluding carboxylic acids is 2. The number of nitrogens with one attached hydrogen (secondary N) is 2. The fourth-order valence-electron chi connectivity index (χ4n) is 4.14. The second-order valence-electron chi connectivity index (χ2n) is 8.63. The number of imidazole rings is 1. The number of carbonyl (C=O) groups is 2. The predicted molar refractivity (Wildman–Crippen MR) is 133 cm³/mol. The first-order valence-corrected chi connectivity index (χ1v) is 12.0. The Kier molecular flexibility index (Phi) is 7.91. The summed E-state index contributed by atoms with van der Waals surface area (Å²) in [6, 6.07) is 17.5. The van der Waals surface area contributed by atoms with E-state index in [1.807, 2.05) is 67.7 Å². The highest BCUT2D eigenvalue weighted by molar-refractivity contribution is 5.82. The largest absolute Gasteiger partial charge is 0.464 e. The zero-order chi connectivity index (χ0) is 23.8. The Morgan fingerprint density at radius 3 is 2.74 bits per heavy atom. The number of aromatic nitrogens is 2. The summed E-state index contributed by atoms with van der Waals surface area (Å²) >= 11 is 0. The second-order valence-corrected chi connectivity index (χ2v) is 8.63. The third kappa shape index (κ3) is 6.22. The maximum atomic E-state index is 12.9. The van der Waals surface area contributed by atoms with E-state index in [1.54, 1.807) is 6.26 Å². The molecular weight excluding hydrogens is 426 g/mol. The molecule has 0 spiro atoms. The summed E-state index contributed by atoms with van der Waals surface area (Å²) in [4.78, 5) is 32.5. The van der Waals surface area contributed by atoms with Crippen LogP contribution in [0.5, 0.6) is 0 Å². The molecule has 2 aromatic heterocycles. The summed E-state index contributed by atoms with van der Waals surface area (Å²) < 4.78 is 5.39. The van der Waals surface area contributed by atoms with Crippen molar-refractivity contribution in [1.82, 2.24) is 15.3 Å². The highest BCUT2D eigenvalue weighted by atomic mass is 16.3. The summed E-state index contributed by atoms with van der Waals surface area (Å²) in [7, 11) is 0. The maximum absolute atomic E-state index is 12.9. The molecule has 0 radical (unpaired) electrons. The number of ketones is 1. The minimum atomic E-state index is -0.218. The Morgan fingerprint density at radius 2 is 1.91 bits per heavy atom. The van der Waals surface area contributed by atoms with Crippen LogP contribution >= 0.6 is 0 Å². The lowest BCUT2D eigenvalue weighted by Crippen LogP contribution is -2.30. The Morgan fingerprint density at radius 1 is 1.06 bits per heavy atom. The van der Waals surface area contributed by atoms with Crippen LogP contribution in [0.3, 0.4) is 0 Å². The minimum absolute atomic E-state index is 0.0494. The van der Waals surface area contributed by atoms with E-state index in [0.29, 0.717) is 18.6 Å². The van der Waals surface area contributed by atoms with Gasteiger partial charge in [0.05, 0.1) is 30.6 Å². The topological polar surface area (TPSA) is 88.0 Å². The summed E-state index contributed by atoms with van der Waals surface area (Å²) in [5, 5.41) is 4.16. The van der Waals surface area contributed by atoms with Crippen molar-refractivity contribution in [3.8, 4) is 11.3 Å². The van der Waals surface area contributed by atoms with Crippen molar-refractivity contribution in [2.75, 3.05) is 0 Å². The van der Waals surface area contributed by atoms with E-state index in [-0.39, 0.29) is 18.4 Å². The molecule has 2 aromatic carbocycles. The first-order valence-electron chi connectivity index (χ1n) is 12.0. The normalized spacial score (nSPS) is 12.0. The standard InChI is InChI=1S/C28H31N3O3/c1-2-23(32)11-7-4-8-12-24(28-29-19-25(31-28)21-9-5-3-6-10-21)30-27(33)18-20-13-14-26-22(17-20)15-16-34-26/h3,5-6,9-10,13-17,19,24H,2,4,7-8,11-12,18H2,1H3,(H,29,31)(H,30,33)/t24-/m0/s1. The first-order chi connectivity index (χ1) is 16.6. The molecule has 0 fully saturated rings. The van der Waals surface area contributed by atoms with Crippen LogP contribution in [0.4, 0.5) is 0 Å². The summed E-state index contributed by atoms with van der Waals surface area (Å²) in [6.07, 6.45) is 8.47. The van der Waals surface area contributed by atoms with Gasteiger partial charge in [-0.25, -0.2) is 4.98 Å². The SMILES string of the molecule is CCC(=O)CCCCC[C@H](NC(=O)Cc1ccc2occc2c1)c1ncc(-c2ccccc2)[nH]1. The number of hydrogen-bond donors (Lipinski definition) is 2. The Hall–Kier alpha value is -3.67. The number of amides is 1. The minimum Gasteiger partial charge on any atom is -0.464 e. The zero-order valence-corrected chi connectivity index (χ0v) is 19.5. The van der Waals surface area contributed by atoms with Gasteiger partial charge in [0.1, 0.15) is 17.2 Å². The number of nitrogens with zero attached hydrogens (tertiary/aromatic N) is 1. The average molecular weight is 458 g/mol. The number of H-pyrrole nitrogens is 1. The Bertz CT molecular complexity index is 1230. The highest BCUT2D eigenvalue weighted by Gasteiger charge is 2.19. The lowest BCUT2D eigenvalue weighted by Gasteiger charge is -2.17. The fraction of sp³-hybridized carbons (Fsp3) is 0.321. The first kappa shape index (κ1) is 23.5. The van der Waals surface area contributed by atoms with Crippen LogP contribution in [-0.2, 0) is 16.0 Å². The van der Waals surface area contributed by atoms with Crippen molar-refractivity contribution in [1.29, 1.82) is 0 Å². The van der Waals surface area contributed by atoms with E-state index in [0.717, 1.165) is 59.3 Å². The zero-order valence-electron chi connectivity index (χ0n) is 19.5. The van der Waals surface area contributed by atoms with Crippen molar-refractivity contribution in [2.45, 2.75) is 57.9 Å². The summed E-state index contributed by atoms with van der Waals surface area (Å²) in [5.74, 6) is 1.01. The number of furan rings is 1. The second kappa shape index (κ2) is 11.5. The third-order valence-corrected chi connectivity index (χ3v) is 6.07. The molecule has 34 heavy (non-hydrogen) atoms. The molecule has 4 aromatic rings. The molecule has 1 amide bonds. The molecule has 176 valence electrons. The molecule has 2 heterocycles. The van der Waals surface area contributed by atoms with E-state index in [1.165, 1.54) is 0 Å². The smallest absolute Gasteiger partial charge is 0.225 e. The monoisotopic (exact) mass is 457 g/mol. The fourth-order valence-corrected chi connectivity index (χ4v) is 4.14. The van der Waals surface area contributed by atoms with Crippen LogP contribution in [0.25, 0.3) is 22.2 Å². The van der Waals surface area contributed by atoms with Gasteiger partial charge in [0.15, 0.2) is 0 Å². The van der Waals surface area contributed by atoms with Crippen molar-refractivity contribution in [2.24, 2.45) is 0 Å². The van der Waals surface area contributed by atoms with Crippen molar-refractivity contribution >= 4 is 22.7 Å². The number of benzene rings is 2. The number of rotatable bonds is 12. The van der Waals surface area contributed by atoms with Crippen LogP contribution in [-0.4, -0.2) is 21.7 Å². The number of Topliss-reactive ketones (excluding diaryl/α,β-unsaturated/α-hetero) is 1. The molecule has 6 nitrogen and oxygen atoms in total. The lowest BCUT2D eigenvalue weighted by molar-refractivity contribution is -0.121. The lowest BCUT2D eigenvalue weighted by atomic mass is 10.0. The average Bonchev–Trinajstić information content (AvgIpc) is 3.53. The van der Waals surface area contributed by atoms with Gasteiger partial charge in [-0.05, 0) is 42.2 Å². The van der Waals surface area contributed by atoms with Crippen LogP contribution in [0.1, 0.15) is 62.9 Å². The van der Waals surface area contributed by atoms with Gasteiger partial charge in [0.25, 0.3) is 0 Å². The van der Waals surface area contributed by atoms with Gasteiger partial charge in [-0.15, -0.1) is 0 Å². The van der Waals surface area contributed by atoms with Gasteiger partial charge in [-0.2, -0.15) is 0 Å². The Labute approximate surface area is 199 Å². The molecule has 0 saturated heterocycles. The van der Waals surface area contributed by atoms with Crippen LogP contribution in [0, 0.1) is 0 Å². The van der Waals surface area contributed by atoms with Gasteiger partial charge in [-0.3, -0.25) is 9.59 Å². The van der Waals surface area contributed by atoms with E-state index in [9.17, 15) is 9.59 Å². The van der Waals surface area contributed by atoms with Gasteiger partial charge in [-0.1, -0.05) is 56.2 Å². The molecule has 6 heteroatoms. The molecule has 0 aliphatic rings. The maximum Gasteiger partial charge on any atom is 0.225 e. The molecule has 0 aliphatic heterocycles. The van der Waals surface area contributed by atoms with Crippen LogP contribution in [0.2, 0.25) is 0 Å². The van der Waals surface area contributed by atoms with Crippen molar-refractivity contribution in [3.05, 3.63) is 78.4 Å². The van der Waals surface area contributed by atoms with Crippen LogP contribution < -0.4 is 5.32 Å². The third-order valence-electron chi connectivity index (χ3n) is 6.07. The number of aromatic amines is 1. The molecule has 0 bridgehead atoms. The molecule has 4 rings (SSSR count). The van der Waals surface area contributed by atoms with E-state index in [4.69, 9.17) is 4.42 Å². The van der Waals surface area contributed by atoms with Crippen molar-refractivity contribution in [3.63, 3.8) is 0 Å². The molecule has 0 aliphatic carbocycles. The number of unbranched alkanes of at least 4 members (excludes halogenated alkanes) is 2.